The predicted octanol–water partition coefficient (Wildman–Crippen LogP) is 5.09. The molecule has 31 heavy (non-hydrogen) atoms. The van der Waals surface area contributed by atoms with Crippen LogP contribution in [0.3, 0.4) is 0 Å². The fraction of sp³-hybridized carbons (Fsp3) is 0.125. The number of hydrogen-bond acceptors (Lipinski definition) is 5. The van der Waals surface area contributed by atoms with Crippen molar-refractivity contribution >= 4 is 28.6 Å². The van der Waals surface area contributed by atoms with E-state index in [0.29, 0.717) is 45.3 Å². The monoisotopic (exact) mass is 415 g/mol. The van der Waals surface area contributed by atoms with E-state index in [1.54, 1.807) is 66.7 Å². The maximum absolute atomic E-state index is 12.6. The first-order valence-electron chi connectivity index (χ1n) is 9.78. The summed E-state index contributed by atoms with van der Waals surface area (Å²) >= 11 is 0. The predicted molar refractivity (Wildman–Crippen MR) is 118 cm³/mol. The first-order valence-corrected chi connectivity index (χ1v) is 9.78. The molecule has 3 N–H and O–H groups in total. The molecule has 2 amide bonds. The summed E-state index contributed by atoms with van der Waals surface area (Å²) in [5, 5.41) is 2.87. The minimum atomic E-state index is -0.495. The number of ether oxygens (including phenoxy) is 1. The second-order valence-electron chi connectivity index (χ2n) is 7.36. The Morgan fingerprint density at radius 3 is 2.13 bits per heavy atom. The number of carbonyl (C=O) groups is 2. The van der Waals surface area contributed by atoms with E-state index in [2.05, 4.69) is 10.3 Å². The van der Waals surface area contributed by atoms with Crippen LogP contribution < -0.4 is 15.8 Å². The summed E-state index contributed by atoms with van der Waals surface area (Å²) in [6, 6.07) is 18.6. The van der Waals surface area contributed by atoms with Crippen LogP contribution in [0.15, 0.2) is 71.1 Å². The van der Waals surface area contributed by atoms with Gasteiger partial charge in [-0.05, 0) is 66.7 Å². The maximum Gasteiger partial charge on any atom is 0.255 e. The summed E-state index contributed by atoms with van der Waals surface area (Å²) in [7, 11) is 0. The average Bonchev–Trinajstić information content (AvgIpc) is 3.18. The Morgan fingerprint density at radius 1 is 0.935 bits per heavy atom. The van der Waals surface area contributed by atoms with Gasteiger partial charge in [0, 0.05) is 22.7 Å². The lowest BCUT2D eigenvalue weighted by Crippen LogP contribution is -2.11. The van der Waals surface area contributed by atoms with Crippen molar-refractivity contribution in [3.8, 4) is 11.5 Å². The fourth-order valence-electron chi connectivity index (χ4n) is 2.97. The molecule has 0 aliphatic rings. The number of aromatic nitrogens is 1. The third kappa shape index (κ3) is 4.56. The highest BCUT2D eigenvalue weighted by atomic mass is 16.5. The van der Waals surface area contributed by atoms with Gasteiger partial charge in [-0.15, -0.1) is 0 Å². The van der Waals surface area contributed by atoms with E-state index >= 15 is 0 Å². The number of rotatable bonds is 6. The number of nitrogens with two attached hydrogens (primary N) is 1. The van der Waals surface area contributed by atoms with Gasteiger partial charge in [0.2, 0.25) is 5.91 Å². The Morgan fingerprint density at radius 2 is 1.55 bits per heavy atom. The van der Waals surface area contributed by atoms with Crippen LogP contribution in [0.1, 0.15) is 46.4 Å². The molecule has 156 valence electrons. The van der Waals surface area contributed by atoms with Gasteiger partial charge in [-0.1, -0.05) is 13.8 Å². The molecule has 0 atom stereocenters. The van der Waals surface area contributed by atoms with Crippen LogP contribution in [0.5, 0.6) is 11.5 Å². The lowest BCUT2D eigenvalue weighted by molar-refractivity contribution is 0.0997. The second kappa shape index (κ2) is 8.31. The third-order valence-corrected chi connectivity index (χ3v) is 4.65. The van der Waals surface area contributed by atoms with Crippen LogP contribution in [0, 0.1) is 0 Å². The number of oxazole rings is 1. The van der Waals surface area contributed by atoms with Gasteiger partial charge >= 0.3 is 0 Å². The number of hydrogen-bond donors (Lipinski definition) is 2. The Labute approximate surface area is 178 Å². The standard InChI is InChI=1S/C24H21N3O4/c1-14(2)24-27-20-13-17(7-12-21(20)31-24)26-23(29)16-5-10-19(11-6-16)30-18-8-3-15(4-9-18)22(25)28/h3-14H,1-2H3,(H2,25,28)(H,26,29). The van der Waals surface area contributed by atoms with Gasteiger partial charge in [-0.3, -0.25) is 9.59 Å². The molecular formula is C24H21N3O4. The van der Waals surface area contributed by atoms with E-state index in [1.165, 1.54) is 0 Å². The number of benzene rings is 3. The normalized spacial score (nSPS) is 10.9. The van der Waals surface area contributed by atoms with Crippen molar-refractivity contribution in [2.45, 2.75) is 19.8 Å². The largest absolute Gasteiger partial charge is 0.457 e. The van der Waals surface area contributed by atoms with E-state index in [1.807, 2.05) is 13.8 Å². The molecule has 0 aliphatic heterocycles. The van der Waals surface area contributed by atoms with E-state index in [9.17, 15) is 9.59 Å². The van der Waals surface area contributed by atoms with Crippen molar-refractivity contribution in [1.82, 2.24) is 4.98 Å². The lowest BCUT2D eigenvalue weighted by Gasteiger charge is -2.08. The number of fused-ring (bicyclic) bond motifs is 1. The molecule has 0 unspecified atom stereocenters. The SMILES string of the molecule is CC(C)c1nc2cc(NC(=O)c3ccc(Oc4ccc(C(N)=O)cc4)cc3)ccc2o1. The average molecular weight is 415 g/mol. The van der Waals surface area contributed by atoms with Gasteiger partial charge in [0.25, 0.3) is 5.91 Å². The Bertz CT molecular complexity index is 1240. The van der Waals surface area contributed by atoms with E-state index < -0.39 is 5.91 Å². The highest BCUT2D eigenvalue weighted by Crippen LogP contribution is 2.25. The third-order valence-electron chi connectivity index (χ3n) is 4.65. The highest BCUT2D eigenvalue weighted by Gasteiger charge is 2.12. The van der Waals surface area contributed by atoms with Crippen LogP contribution in [0.25, 0.3) is 11.1 Å². The molecule has 0 saturated heterocycles. The van der Waals surface area contributed by atoms with Crippen LogP contribution >= 0.6 is 0 Å². The molecule has 4 aromatic rings. The van der Waals surface area contributed by atoms with Gasteiger partial charge in [0.1, 0.15) is 17.0 Å². The molecule has 0 radical (unpaired) electrons. The molecule has 4 rings (SSSR count). The number of nitrogens with one attached hydrogen (secondary N) is 1. The second-order valence-corrected chi connectivity index (χ2v) is 7.36. The summed E-state index contributed by atoms with van der Waals surface area (Å²) in [5.41, 5.74) is 8.15. The number of anilines is 1. The van der Waals surface area contributed by atoms with E-state index in [4.69, 9.17) is 14.9 Å². The first-order chi connectivity index (χ1) is 14.9. The fourth-order valence-corrected chi connectivity index (χ4v) is 2.97. The maximum atomic E-state index is 12.6. The van der Waals surface area contributed by atoms with Crippen LogP contribution in [0.2, 0.25) is 0 Å². The zero-order valence-corrected chi connectivity index (χ0v) is 17.1. The van der Waals surface area contributed by atoms with Gasteiger partial charge in [-0.2, -0.15) is 0 Å². The van der Waals surface area contributed by atoms with Gasteiger partial charge < -0.3 is 20.2 Å². The molecule has 0 fully saturated rings. The molecule has 0 saturated carbocycles. The van der Waals surface area contributed by atoms with Crippen molar-refractivity contribution in [1.29, 1.82) is 0 Å². The Hall–Kier alpha value is -4.13. The molecule has 1 heterocycles. The minimum absolute atomic E-state index is 0.187. The number of carbonyl (C=O) groups excluding carboxylic acids is 2. The van der Waals surface area contributed by atoms with Crippen molar-refractivity contribution in [2.24, 2.45) is 5.73 Å². The topological polar surface area (TPSA) is 107 Å². The molecule has 7 heteroatoms. The summed E-state index contributed by atoms with van der Waals surface area (Å²) < 4.78 is 11.4. The molecule has 0 aliphatic carbocycles. The molecule has 7 nitrogen and oxygen atoms in total. The van der Waals surface area contributed by atoms with Crippen molar-refractivity contribution in [3.05, 3.63) is 83.7 Å². The highest BCUT2D eigenvalue weighted by molar-refractivity contribution is 6.05. The van der Waals surface area contributed by atoms with Crippen LogP contribution in [-0.4, -0.2) is 16.8 Å². The lowest BCUT2D eigenvalue weighted by atomic mass is 10.2. The smallest absolute Gasteiger partial charge is 0.255 e. The zero-order valence-electron chi connectivity index (χ0n) is 17.1. The molecule has 1 aromatic heterocycles. The Balaban J connectivity index is 1.43. The number of primary amides is 1. The van der Waals surface area contributed by atoms with Crippen molar-refractivity contribution in [2.75, 3.05) is 5.32 Å². The quantitative estimate of drug-likeness (QED) is 0.456. The molecule has 0 spiro atoms. The van der Waals surface area contributed by atoms with Gasteiger partial charge in [0.15, 0.2) is 11.5 Å². The molecule has 0 bridgehead atoms. The number of nitrogens with zero attached hydrogens (tertiary/aromatic N) is 1. The van der Waals surface area contributed by atoms with Crippen LogP contribution in [0.4, 0.5) is 5.69 Å². The van der Waals surface area contributed by atoms with Gasteiger partial charge in [-0.25, -0.2) is 4.98 Å². The van der Waals surface area contributed by atoms with Gasteiger partial charge in [0.05, 0.1) is 0 Å². The number of amides is 2. The summed E-state index contributed by atoms with van der Waals surface area (Å²) in [6.45, 7) is 4.02. The van der Waals surface area contributed by atoms with Crippen LogP contribution in [-0.2, 0) is 0 Å². The van der Waals surface area contributed by atoms with Crippen molar-refractivity contribution < 1.29 is 18.7 Å². The first kappa shape index (κ1) is 20.2. The van der Waals surface area contributed by atoms with E-state index in [0.717, 1.165) is 0 Å². The minimum Gasteiger partial charge on any atom is -0.457 e. The molecule has 3 aromatic carbocycles. The Kier molecular flexibility index (Phi) is 5.41. The summed E-state index contributed by atoms with van der Waals surface area (Å²) in [4.78, 5) is 28.2. The van der Waals surface area contributed by atoms with E-state index in [-0.39, 0.29) is 11.8 Å². The van der Waals surface area contributed by atoms with Crippen molar-refractivity contribution in [3.63, 3.8) is 0 Å². The summed E-state index contributed by atoms with van der Waals surface area (Å²) in [5.74, 6) is 1.23. The summed E-state index contributed by atoms with van der Waals surface area (Å²) in [6.07, 6.45) is 0. The molecular weight excluding hydrogens is 394 g/mol. The zero-order chi connectivity index (χ0) is 22.0.